The molecule has 0 spiro atoms. The van der Waals surface area contributed by atoms with E-state index in [0.29, 0.717) is 6.54 Å². The van der Waals surface area contributed by atoms with Gasteiger partial charge in [0.15, 0.2) is 0 Å². The number of hydrogen-bond donors (Lipinski definition) is 2. The lowest BCUT2D eigenvalue weighted by Crippen LogP contribution is -2.41. The van der Waals surface area contributed by atoms with E-state index in [1.807, 2.05) is 24.7 Å². The first kappa shape index (κ1) is 18.9. The number of amides is 1. The minimum absolute atomic E-state index is 0. The number of anilines is 1. The average Bonchev–Trinajstić information content (AvgIpc) is 2.80. The minimum Gasteiger partial charge on any atom is -0.329 e. The third-order valence-electron chi connectivity index (χ3n) is 3.75. The summed E-state index contributed by atoms with van der Waals surface area (Å²) >= 11 is 0. The monoisotopic (exact) mass is 302 g/mol. The standard InChI is InChI=1S/C14H26N4O.ClH/c1-6-14(7-2,10-15)12(19)17-11-8-16-18(9-11)13(3,4)5;/h8-9H,6-7,10,15H2,1-5H3,(H,17,19);1H. The second kappa shape index (κ2) is 7.09. The Morgan fingerprint density at radius 3 is 2.25 bits per heavy atom. The zero-order chi connectivity index (χ0) is 14.7. The molecule has 1 aromatic rings. The summed E-state index contributed by atoms with van der Waals surface area (Å²) in [7, 11) is 0. The third-order valence-corrected chi connectivity index (χ3v) is 3.75. The molecule has 0 aliphatic heterocycles. The highest BCUT2D eigenvalue weighted by Crippen LogP contribution is 2.27. The summed E-state index contributed by atoms with van der Waals surface area (Å²) < 4.78 is 1.84. The summed E-state index contributed by atoms with van der Waals surface area (Å²) in [6.45, 7) is 10.5. The van der Waals surface area contributed by atoms with Crippen LogP contribution in [0.15, 0.2) is 12.4 Å². The van der Waals surface area contributed by atoms with Gasteiger partial charge in [0.25, 0.3) is 0 Å². The van der Waals surface area contributed by atoms with Crippen molar-refractivity contribution in [3.63, 3.8) is 0 Å². The fraction of sp³-hybridized carbons (Fsp3) is 0.714. The van der Waals surface area contributed by atoms with Crippen molar-refractivity contribution in [2.45, 2.75) is 53.0 Å². The van der Waals surface area contributed by atoms with E-state index in [4.69, 9.17) is 5.73 Å². The second-order valence-electron chi connectivity index (χ2n) is 5.99. The molecule has 0 radical (unpaired) electrons. The molecule has 0 atom stereocenters. The summed E-state index contributed by atoms with van der Waals surface area (Å²) in [5, 5.41) is 7.20. The van der Waals surface area contributed by atoms with E-state index < -0.39 is 5.41 Å². The van der Waals surface area contributed by atoms with Crippen molar-refractivity contribution in [2.75, 3.05) is 11.9 Å². The predicted octanol–water partition coefficient (Wildman–Crippen LogP) is 2.76. The van der Waals surface area contributed by atoms with Crippen LogP contribution in [0.2, 0.25) is 0 Å². The van der Waals surface area contributed by atoms with Gasteiger partial charge in [0.05, 0.1) is 22.8 Å². The van der Waals surface area contributed by atoms with Crippen LogP contribution in [0.4, 0.5) is 5.69 Å². The van der Waals surface area contributed by atoms with E-state index >= 15 is 0 Å². The van der Waals surface area contributed by atoms with Gasteiger partial charge in [-0.25, -0.2) is 0 Å². The molecule has 0 saturated heterocycles. The van der Waals surface area contributed by atoms with Gasteiger partial charge < -0.3 is 11.1 Å². The van der Waals surface area contributed by atoms with Gasteiger partial charge in [0.2, 0.25) is 5.91 Å². The summed E-state index contributed by atoms with van der Waals surface area (Å²) in [6.07, 6.45) is 5.00. The molecule has 0 fully saturated rings. The van der Waals surface area contributed by atoms with Gasteiger partial charge in [-0.15, -0.1) is 12.4 Å². The lowest BCUT2D eigenvalue weighted by atomic mass is 9.81. The minimum atomic E-state index is -0.482. The van der Waals surface area contributed by atoms with E-state index in [9.17, 15) is 4.79 Å². The molecule has 6 heteroatoms. The topological polar surface area (TPSA) is 72.9 Å². The van der Waals surface area contributed by atoms with E-state index in [2.05, 4.69) is 31.2 Å². The van der Waals surface area contributed by atoms with Gasteiger partial charge in [0.1, 0.15) is 0 Å². The molecule has 3 N–H and O–H groups in total. The Balaban J connectivity index is 0.00000361. The van der Waals surface area contributed by atoms with Crippen molar-refractivity contribution >= 4 is 24.0 Å². The number of hydrogen-bond acceptors (Lipinski definition) is 3. The van der Waals surface area contributed by atoms with Gasteiger partial charge in [0, 0.05) is 12.7 Å². The first-order valence-electron chi connectivity index (χ1n) is 6.85. The van der Waals surface area contributed by atoms with Gasteiger partial charge in [-0.05, 0) is 33.6 Å². The Morgan fingerprint density at radius 1 is 1.35 bits per heavy atom. The lowest BCUT2D eigenvalue weighted by Gasteiger charge is -2.28. The Hall–Kier alpha value is -1.07. The quantitative estimate of drug-likeness (QED) is 0.878. The molecule has 1 rings (SSSR count). The van der Waals surface area contributed by atoms with Crippen molar-refractivity contribution in [1.29, 1.82) is 0 Å². The molecule has 0 aromatic carbocycles. The Kier molecular flexibility index (Phi) is 6.71. The number of nitrogens with two attached hydrogens (primary N) is 1. The SMILES string of the molecule is CCC(CC)(CN)C(=O)Nc1cnn(C(C)(C)C)c1.Cl. The molecular formula is C14H27ClN4O. The molecule has 1 aromatic heterocycles. The Morgan fingerprint density at radius 2 is 1.90 bits per heavy atom. The molecule has 0 saturated carbocycles. The van der Waals surface area contributed by atoms with Crippen molar-refractivity contribution < 1.29 is 4.79 Å². The second-order valence-corrected chi connectivity index (χ2v) is 5.99. The van der Waals surface area contributed by atoms with Crippen molar-refractivity contribution in [3.8, 4) is 0 Å². The molecule has 1 heterocycles. The number of nitrogens with one attached hydrogen (secondary N) is 1. The smallest absolute Gasteiger partial charge is 0.231 e. The number of halogens is 1. The summed E-state index contributed by atoms with van der Waals surface area (Å²) in [5.41, 5.74) is 5.92. The molecule has 0 unspecified atom stereocenters. The van der Waals surface area contributed by atoms with E-state index in [1.54, 1.807) is 6.20 Å². The van der Waals surface area contributed by atoms with Crippen LogP contribution in [0.25, 0.3) is 0 Å². The molecule has 5 nitrogen and oxygen atoms in total. The number of aromatic nitrogens is 2. The van der Waals surface area contributed by atoms with Crippen LogP contribution in [0.1, 0.15) is 47.5 Å². The van der Waals surface area contributed by atoms with Crippen LogP contribution < -0.4 is 11.1 Å². The van der Waals surface area contributed by atoms with Crippen LogP contribution in [0.3, 0.4) is 0 Å². The number of carbonyl (C=O) groups is 1. The van der Waals surface area contributed by atoms with E-state index in [0.717, 1.165) is 18.5 Å². The number of carbonyl (C=O) groups excluding carboxylic acids is 1. The molecule has 0 aliphatic rings. The number of nitrogens with zero attached hydrogens (tertiary/aromatic N) is 2. The van der Waals surface area contributed by atoms with Crippen molar-refractivity contribution in [3.05, 3.63) is 12.4 Å². The van der Waals surface area contributed by atoms with Crippen LogP contribution in [-0.2, 0) is 10.3 Å². The normalized spacial score (nSPS) is 11.9. The predicted molar refractivity (Wildman–Crippen MR) is 85.2 cm³/mol. The molecule has 116 valence electrons. The Labute approximate surface area is 127 Å². The molecule has 1 amide bonds. The Bertz CT molecular complexity index is 424. The molecule has 0 bridgehead atoms. The largest absolute Gasteiger partial charge is 0.329 e. The molecular weight excluding hydrogens is 276 g/mol. The van der Waals surface area contributed by atoms with Crippen LogP contribution in [0.5, 0.6) is 0 Å². The highest BCUT2D eigenvalue weighted by molar-refractivity contribution is 5.95. The maximum Gasteiger partial charge on any atom is 0.231 e. The summed E-state index contributed by atoms with van der Waals surface area (Å²) in [4.78, 5) is 12.4. The van der Waals surface area contributed by atoms with Gasteiger partial charge in [-0.3, -0.25) is 9.48 Å². The average molecular weight is 303 g/mol. The maximum absolute atomic E-state index is 12.4. The van der Waals surface area contributed by atoms with E-state index in [-0.39, 0.29) is 23.9 Å². The van der Waals surface area contributed by atoms with Crippen LogP contribution in [0, 0.1) is 5.41 Å². The highest BCUT2D eigenvalue weighted by Gasteiger charge is 2.33. The van der Waals surface area contributed by atoms with Gasteiger partial charge >= 0.3 is 0 Å². The number of rotatable bonds is 5. The third kappa shape index (κ3) is 3.96. The van der Waals surface area contributed by atoms with Crippen LogP contribution in [-0.4, -0.2) is 22.2 Å². The van der Waals surface area contributed by atoms with Crippen molar-refractivity contribution in [2.24, 2.45) is 11.1 Å². The van der Waals surface area contributed by atoms with Crippen LogP contribution >= 0.6 is 12.4 Å². The zero-order valence-corrected chi connectivity index (χ0v) is 13.9. The maximum atomic E-state index is 12.4. The highest BCUT2D eigenvalue weighted by atomic mass is 35.5. The molecule has 20 heavy (non-hydrogen) atoms. The fourth-order valence-corrected chi connectivity index (χ4v) is 1.97. The van der Waals surface area contributed by atoms with E-state index in [1.165, 1.54) is 0 Å². The van der Waals surface area contributed by atoms with Crippen molar-refractivity contribution in [1.82, 2.24) is 9.78 Å². The van der Waals surface area contributed by atoms with Gasteiger partial charge in [-0.1, -0.05) is 13.8 Å². The molecule has 0 aliphatic carbocycles. The summed E-state index contributed by atoms with van der Waals surface area (Å²) in [6, 6.07) is 0. The summed E-state index contributed by atoms with van der Waals surface area (Å²) in [5.74, 6) is -0.0199. The first-order chi connectivity index (χ1) is 8.79. The lowest BCUT2D eigenvalue weighted by molar-refractivity contribution is -0.125. The fourth-order valence-electron chi connectivity index (χ4n) is 1.97. The zero-order valence-electron chi connectivity index (χ0n) is 13.1. The first-order valence-corrected chi connectivity index (χ1v) is 6.85. The van der Waals surface area contributed by atoms with Gasteiger partial charge in [-0.2, -0.15) is 5.10 Å².